The minimum absolute atomic E-state index is 0.253. The van der Waals surface area contributed by atoms with Crippen LogP contribution in [0.15, 0.2) is 78.9 Å². The summed E-state index contributed by atoms with van der Waals surface area (Å²) in [6.07, 6.45) is 0.0316. The van der Waals surface area contributed by atoms with Gasteiger partial charge < -0.3 is 4.74 Å². The largest absolute Gasteiger partial charge is 0.494 e. The molecule has 3 atom stereocenters. The number of carbonyl (C=O) groups is 2. The van der Waals surface area contributed by atoms with Gasteiger partial charge in [-0.1, -0.05) is 55.0 Å². The molecule has 0 N–H and O–H groups in total. The molecule has 0 bridgehead atoms. The van der Waals surface area contributed by atoms with Gasteiger partial charge in [-0.3, -0.25) is 14.4 Å². The minimum atomic E-state index is -0.875. The molecule has 2 amide bonds. The smallest absolute Gasteiger partial charge is 0.266 e. The maximum atomic E-state index is 13.6. The molecule has 168 valence electrons. The van der Waals surface area contributed by atoms with E-state index in [1.165, 1.54) is 4.90 Å². The molecule has 5 rings (SSSR count). The molecule has 6 heteroatoms. The van der Waals surface area contributed by atoms with E-state index in [0.29, 0.717) is 18.0 Å². The molecular formula is C27H26N2O4. The third-order valence-corrected chi connectivity index (χ3v) is 6.11. The van der Waals surface area contributed by atoms with Gasteiger partial charge >= 0.3 is 0 Å². The molecule has 2 saturated heterocycles. The number of benzene rings is 3. The summed E-state index contributed by atoms with van der Waals surface area (Å²) < 4.78 is 5.63. The van der Waals surface area contributed by atoms with Crippen LogP contribution in [0.4, 0.5) is 11.4 Å². The Morgan fingerprint density at radius 1 is 0.848 bits per heavy atom. The number of hydrogen-bond donors (Lipinski definition) is 0. The number of amides is 2. The molecule has 3 aromatic rings. The van der Waals surface area contributed by atoms with E-state index < -0.39 is 18.1 Å². The van der Waals surface area contributed by atoms with Crippen molar-refractivity contribution in [2.75, 3.05) is 16.6 Å². The van der Waals surface area contributed by atoms with Crippen molar-refractivity contribution < 1.29 is 19.2 Å². The predicted octanol–water partition coefficient (Wildman–Crippen LogP) is 4.83. The molecule has 33 heavy (non-hydrogen) atoms. The number of anilines is 2. The fourth-order valence-corrected chi connectivity index (χ4v) is 4.48. The van der Waals surface area contributed by atoms with Gasteiger partial charge in [0.15, 0.2) is 6.10 Å². The summed E-state index contributed by atoms with van der Waals surface area (Å²) >= 11 is 0. The predicted molar refractivity (Wildman–Crippen MR) is 126 cm³/mol. The zero-order chi connectivity index (χ0) is 22.9. The first-order chi connectivity index (χ1) is 16.1. The summed E-state index contributed by atoms with van der Waals surface area (Å²) in [6, 6.07) is 24.3. The number of hydroxylamine groups is 1. The van der Waals surface area contributed by atoms with Crippen LogP contribution < -0.4 is 14.7 Å². The maximum Gasteiger partial charge on any atom is 0.266 e. The maximum absolute atomic E-state index is 13.6. The monoisotopic (exact) mass is 442 g/mol. The van der Waals surface area contributed by atoms with Gasteiger partial charge in [-0.2, -0.15) is 0 Å². The number of rotatable bonds is 6. The third-order valence-electron chi connectivity index (χ3n) is 6.11. The van der Waals surface area contributed by atoms with Gasteiger partial charge in [-0.05, 0) is 55.3 Å². The summed E-state index contributed by atoms with van der Waals surface area (Å²) in [5, 5.41) is 1.72. The lowest BCUT2D eigenvalue weighted by Crippen LogP contribution is -2.37. The van der Waals surface area contributed by atoms with E-state index in [1.807, 2.05) is 68.4 Å². The van der Waals surface area contributed by atoms with Crippen LogP contribution in [-0.2, 0) is 14.4 Å². The number of hydrogen-bond acceptors (Lipinski definition) is 5. The van der Waals surface area contributed by atoms with Crippen molar-refractivity contribution in [1.82, 2.24) is 0 Å². The molecule has 2 heterocycles. The van der Waals surface area contributed by atoms with Gasteiger partial charge in [0.05, 0.1) is 24.0 Å². The highest BCUT2D eigenvalue weighted by Crippen LogP contribution is 2.47. The quantitative estimate of drug-likeness (QED) is 0.512. The average molecular weight is 443 g/mol. The van der Waals surface area contributed by atoms with Crippen LogP contribution in [0.1, 0.15) is 30.5 Å². The highest BCUT2D eigenvalue weighted by Gasteiger charge is 2.60. The summed E-state index contributed by atoms with van der Waals surface area (Å²) in [7, 11) is 0. The normalized spacial score (nSPS) is 22.1. The lowest BCUT2D eigenvalue weighted by Gasteiger charge is -2.28. The van der Waals surface area contributed by atoms with Crippen molar-refractivity contribution in [3.63, 3.8) is 0 Å². The number of para-hydroxylation sites is 1. The topological polar surface area (TPSA) is 59.1 Å². The molecule has 0 unspecified atom stereocenters. The van der Waals surface area contributed by atoms with Crippen LogP contribution >= 0.6 is 0 Å². The Bertz CT molecular complexity index is 1150. The molecule has 2 fully saturated rings. The van der Waals surface area contributed by atoms with Gasteiger partial charge in [0.25, 0.3) is 5.91 Å². The van der Waals surface area contributed by atoms with E-state index >= 15 is 0 Å². The highest BCUT2D eigenvalue weighted by atomic mass is 16.7. The standard InChI is InChI=1S/C27H26N2O4/c1-3-17-32-22-15-13-20(14-16-22)28-26(30)23-24(19-11-9-18(2)10-12-19)29(33-25(23)27(28)31)21-7-5-4-6-8-21/h4-16,23-25H,3,17H2,1-2H3/t23-,24+,25-/m0/s1. The van der Waals surface area contributed by atoms with Crippen LogP contribution in [0, 0.1) is 12.8 Å². The van der Waals surface area contributed by atoms with Crippen molar-refractivity contribution in [2.24, 2.45) is 5.92 Å². The second-order valence-corrected chi connectivity index (χ2v) is 8.42. The van der Waals surface area contributed by atoms with Crippen LogP contribution in [0.3, 0.4) is 0 Å². The Morgan fingerprint density at radius 2 is 1.55 bits per heavy atom. The van der Waals surface area contributed by atoms with Crippen molar-refractivity contribution in [1.29, 1.82) is 0 Å². The van der Waals surface area contributed by atoms with E-state index in [9.17, 15) is 9.59 Å². The highest BCUT2D eigenvalue weighted by molar-refractivity contribution is 6.23. The van der Waals surface area contributed by atoms with E-state index in [-0.39, 0.29) is 11.8 Å². The van der Waals surface area contributed by atoms with Crippen LogP contribution in [0.2, 0.25) is 0 Å². The fraction of sp³-hybridized carbons (Fsp3) is 0.259. The number of ether oxygens (including phenoxy) is 1. The number of carbonyl (C=O) groups excluding carboxylic acids is 2. The SMILES string of the molecule is CCCOc1ccc(N2C(=O)[C@@H]3[C@H](ON(c4ccccc4)[C@@H]3c3ccc(C)cc3)C2=O)cc1. The Kier molecular flexibility index (Phi) is 5.60. The first kappa shape index (κ1) is 21.2. The van der Waals surface area contributed by atoms with E-state index in [2.05, 4.69) is 0 Å². The van der Waals surface area contributed by atoms with Crippen molar-refractivity contribution >= 4 is 23.2 Å². The summed E-state index contributed by atoms with van der Waals surface area (Å²) in [5.41, 5.74) is 3.40. The zero-order valence-electron chi connectivity index (χ0n) is 18.7. The van der Waals surface area contributed by atoms with Crippen molar-refractivity contribution in [3.05, 3.63) is 90.0 Å². The third kappa shape index (κ3) is 3.76. The van der Waals surface area contributed by atoms with Crippen molar-refractivity contribution in [3.8, 4) is 5.75 Å². The lowest BCUT2D eigenvalue weighted by molar-refractivity contribution is -0.126. The van der Waals surface area contributed by atoms with E-state index in [0.717, 1.165) is 23.2 Å². The molecule has 2 aliphatic heterocycles. The number of imide groups is 1. The Labute approximate surface area is 193 Å². The second kappa shape index (κ2) is 8.71. The van der Waals surface area contributed by atoms with Gasteiger partial charge in [0.1, 0.15) is 11.7 Å². The van der Waals surface area contributed by atoms with E-state index in [1.54, 1.807) is 29.3 Å². The number of aryl methyl sites for hydroxylation is 1. The number of nitrogens with zero attached hydrogens (tertiary/aromatic N) is 2. The van der Waals surface area contributed by atoms with Crippen molar-refractivity contribution in [2.45, 2.75) is 32.4 Å². The van der Waals surface area contributed by atoms with Gasteiger partial charge in [-0.15, -0.1) is 0 Å². The van der Waals surface area contributed by atoms with Crippen LogP contribution in [0.25, 0.3) is 0 Å². The molecule has 2 aliphatic rings. The average Bonchev–Trinajstić information content (AvgIpc) is 3.35. The molecule has 3 aromatic carbocycles. The minimum Gasteiger partial charge on any atom is -0.494 e. The summed E-state index contributed by atoms with van der Waals surface area (Å²) in [4.78, 5) is 34.5. The molecular weight excluding hydrogens is 416 g/mol. The molecule has 0 aliphatic carbocycles. The summed E-state index contributed by atoms with van der Waals surface area (Å²) in [6.45, 7) is 4.68. The molecule has 0 spiro atoms. The van der Waals surface area contributed by atoms with Crippen LogP contribution in [0.5, 0.6) is 5.75 Å². The first-order valence-electron chi connectivity index (χ1n) is 11.3. The molecule has 0 saturated carbocycles. The number of fused-ring (bicyclic) bond motifs is 1. The fourth-order valence-electron chi connectivity index (χ4n) is 4.48. The lowest BCUT2D eigenvalue weighted by atomic mass is 9.90. The summed E-state index contributed by atoms with van der Waals surface area (Å²) in [5.74, 6) is -0.528. The van der Waals surface area contributed by atoms with Gasteiger partial charge in [-0.25, -0.2) is 9.96 Å². The van der Waals surface area contributed by atoms with E-state index in [4.69, 9.17) is 9.57 Å². The molecule has 0 aromatic heterocycles. The van der Waals surface area contributed by atoms with Gasteiger partial charge in [0.2, 0.25) is 5.91 Å². The Morgan fingerprint density at radius 3 is 2.21 bits per heavy atom. The zero-order valence-corrected chi connectivity index (χ0v) is 18.7. The molecule has 6 nitrogen and oxygen atoms in total. The first-order valence-corrected chi connectivity index (χ1v) is 11.3. The second-order valence-electron chi connectivity index (χ2n) is 8.42. The van der Waals surface area contributed by atoms with Crippen LogP contribution in [-0.4, -0.2) is 24.5 Å². The Balaban J connectivity index is 1.49. The van der Waals surface area contributed by atoms with Gasteiger partial charge in [0, 0.05) is 0 Å². The Hall–Kier alpha value is -3.64. The molecule has 0 radical (unpaired) electrons.